The van der Waals surface area contributed by atoms with Crippen molar-refractivity contribution in [3.05, 3.63) is 28.3 Å². The van der Waals surface area contributed by atoms with Crippen molar-refractivity contribution in [2.45, 2.75) is 13.3 Å². The topological polar surface area (TPSA) is 44.0 Å². The Kier molecular flexibility index (Phi) is 2.57. The van der Waals surface area contributed by atoms with Crippen molar-refractivity contribution >= 4 is 11.6 Å². The van der Waals surface area contributed by atoms with Gasteiger partial charge in [0.25, 0.3) is 0 Å². The SMILES string of the molecule is Cc1cc(O)c(CC#N)cc1Cl. The third-order valence-corrected chi connectivity index (χ3v) is 2.04. The molecule has 0 bridgehead atoms. The lowest BCUT2D eigenvalue weighted by Gasteiger charge is -2.03. The summed E-state index contributed by atoms with van der Waals surface area (Å²) >= 11 is 5.80. The number of hydrogen-bond acceptors (Lipinski definition) is 2. The van der Waals surface area contributed by atoms with Crippen molar-refractivity contribution in [3.8, 4) is 11.8 Å². The Hall–Kier alpha value is -1.20. The summed E-state index contributed by atoms with van der Waals surface area (Å²) in [6.07, 6.45) is 0.186. The molecule has 0 aliphatic rings. The second-order valence-electron chi connectivity index (χ2n) is 2.56. The smallest absolute Gasteiger partial charge is 0.120 e. The molecule has 0 aromatic heterocycles. The Morgan fingerprint density at radius 2 is 2.25 bits per heavy atom. The van der Waals surface area contributed by atoms with E-state index < -0.39 is 0 Å². The highest BCUT2D eigenvalue weighted by Crippen LogP contribution is 2.25. The Morgan fingerprint density at radius 1 is 1.58 bits per heavy atom. The summed E-state index contributed by atoms with van der Waals surface area (Å²) in [4.78, 5) is 0. The fourth-order valence-corrected chi connectivity index (χ4v) is 1.12. The second kappa shape index (κ2) is 3.46. The quantitative estimate of drug-likeness (QED) is 0.723. The molecule has 1 N–H and O–H groups in total. The first-order valence-corrected chi connectivity index (χ1v) is 3.88. The molecule has 0 saturated heterocycles. The minimum Gasteiger partial charge on any atom is -0.508 e. The first-order valence-electron chi connectivity index (χ1n) is 3.50. The van der Waals surface area contributed by atoms with Gasteiger partial charge < -0.3 is 5.11 Å². The molecule has 3 heteroatoms. The van der Waals surface area contributed by atoms with Gasteiger partial charge in [-0.1, -0.05) is 11.6 Å². The standard InChI is InChI=1S/C9H8ClNO/c1-6-4-9(12)7(2-3-11)5-8(6)10/h4-5,12H,2H2,1H3. The molecule has 0 spiro atoms. The molecule has 0 amide bonds. The third-order valence-electron chi connectivity index (χ3n) is 1.63. The second-order valence-corrected chi connectivity index (χ2v) is 2.97. The van der Waals surface area contributed by atoms with Crippen LogP contribution in [0.3, 0.4) is 0 Å². The van der Waals surface area contributed by atoms with E-state index in [1.54, 1.807) is 19.1 Å². The molecule has 2 nitrogen and oxygen atoms in total. The maximum Gasteiger partial charge on any atom is 0.120 e. The van der Waals surface area contributed by atoms with Crippen molar-refractivity contribution in [1.29, 1.82) is 5.26 Å². The zero-order valence-corrected chi connectivity index (χ0v) is 7.39. The molecule has 0 atom stereocenters. The fourth-order valence-electron chi connectivity index (χ4n) is 0.934. The minimum atomic E-state index is 0.137. The van der Waals surface area contributed by atoms with Crippen molar-refractivity contribution < 1.29 is 5.11 Å². The predicted molar refractivity (Wildman–Crippen MR) is 47.2 cm³/mol. The number of halogens is 1. The van der Waals surface area contributed by atoms with Crippen LogP contribution in [-0.2, 0) is 6.42 Å². The van der Waals surface area contributed by atoms with E-state index in [2.05, 4.69) is 0 Å². The van der Waals surface area contributed by atoms with E-state index in [-0.39, 0.29) is 12.2 Å². The van der Waals surface area contributed by atoms with Gasteiger partial charge in [-0.25, -0.2) is 0 Å². The van der Waals surface area contributed by atoms with Crippen molar-refractivity contribution in [3.63, 3.8) is 0 Å². The van der Waals surface area contributed by atoms with E-state index >= 15 is 0 Å². The first-order chi connectivity index (χ1) is 5.65. The minimum absolute atomic E-state index is 0.137. The lowest BCUT2D eigenvalue weighted by atomic mass is 10.1. The molecule has 0 saturated carbocycles. The van der Waals surface area contributed by atoms with Gasteiger partial charge in [0, 0.05) is 10.6 Å². The summed E-state index contributed by atoms with van der Waals surface area (Å²) in [5, 5.41) is 18.3. The van der Waals surface area contributed by atoms with Crippen LogP contribution in [0.1, 0.15) is 11.1 Å². The monoisotopic (exact) mass is 181 g/mol. The summed E-state index contributed by atoms with van der Waals surface area (Å²) in [5.41, 5.74) is 1.39. The van der Waals surface area contributed by atoms with Crippen LogP contribution >= 0.6 is 11.6 Å². The van der Waals surface area contributed by atoms with Crippen LogP contribution in [0.4, 0.5) is 0 Å². The summed E-state index contributed by atoms with van der Waals surface area (Å²) in [6.45, 7) is 1.80. The Balaban J connectivity index is 3.16. The maximum atomic E-state index is 9.34. The molecule has 0 aliphatic heterocycles. The molecule has 1 rings (SSSR count). The summed E-state index contributed by atoms with van der Waals surface area (Å²) in [6, 6.07) is 5.14. The van der Waals surface area contributed by atoms with Crippen LogP contribution < -0.4 is 0 Å². The van der Waals surface area contributed by atoms with Gasteiger partial charge in [0.2, 0.25) is 0 Å². The number of aromatic hydroxyl groups is 1. The fraction of sp³-hybridized carbons (Fsp3) is 0.222. The number of phenolic OH excluding ortho intramolecular Hbond substituents is 1. The number of nitriles is 1. The van der Waals surface area contributed by atoms with E-state index in [4.69, 9.17) is 16.9 Å². The average molecular weight is 182 g/mol. The number of aryl methyl sites for hydroxylation is 1. The average Bonchev–Trinajstić information content (AvgIpc) is 2.01. The van der Waals surface area contributed by atoms with Crippen LogP contribution in [0.2, 0.25) is 5.02 Å². The highest BCUT2D eigenvalue weighted by molar-refractivity contribution is 6.31. The number of rotatable bonds is 1. The molecule has 0 aliphatic carbocycles. The number of phenols is 1. The zero-order valence-electron chi connectivity index (χ0n) is 6.63. The van der Waals surface area contributed by atoms with Gasteiger partial charge in [-0.2, -0.15) is 5.26 Å². The predicted octanol–water partition coefficient (Wildman–Crippen LogP) is 2.42. The van der Waals surface area contributed by atoms with Crippen LogP contribution in [-0.4, -0.2) is 5.11 Å². The van der Waals surface area contributed by atoms with Gasteiger partial charge >= 0.3 is 0 Å². The normalized spacial score (nSPS) is 9.42. The Labute approximate surface area is 76.0 Å². The lowest BCUT2D eigenvalue weighted by molar-refractivity contribution is 0.469. The molecule has 0 fully saturated rings. The highest BCUT2D eigenvalue weighted by Gasteiger charge is 2.03. The van der Waals surface area contributed by atoms with E-state index in [1.165, 1.54) is 0 Å². The molecule has 1 aromatic rings. The lowest BCUT2D eigenvalue weighted by Crippen LogP contribution is -1.85. The molecule has 0 radical (unpaired) electrons. The number of benzene rings is 1. The summed E-state index contributed by atoms with van der Waals surface area (Å²) < 4.78 is 0. The van der Waals surface area contributed by atoms with E-state index in [1.807, 2.05) is 6.07 Å². The summed E-state index contributed by atoms with van der Waals surface area (Å²) in [5.74, 6) is 0.137. The van der Waals surface area contributed by atoms with E-state index in [0.29, 0.717) is 10.6 Å². The van der Waals surface area contributed by atoms with Crippen LogP contribution in [0, 0.1) is 18.3 Å². The van der Waals surface area contributed by atoms with E-state index in [0.717, 1.165) is 5.56 Å². The van der Waals surface area contributed by atoms with E-state index in [9.17, 15) is 5.11 Å². The first kappa shape index (κ1) is 8.89. The highest BCUT2D eigenvalue weighted by atomic mass is 35.5. The molecule has 62 valence electrons. The van der Waals surface area contributed by atoms with Crippen molar-refractivity contribution in [2.24, 2.45) is 0 Å². The number of nitrogens with zero attached hydrogens (tertiary/aromatic N) is 1. The van der Waals surface area contributed by atoms with Gasteiger partial charge in [-0.05, 0) is 24.6 Å². The summed E-state index contributed by atoms with van der Waals surface area (Å²) in [7, 11) is 0. The Bertz CT molecular complexity index is 341. The van der Waals surface area contributed by atoms with Gasteiger partial charge in [-0.3, -0.25) is 0 Å². The molecule has 0 unspecified atom stereocenters. The van der Waals surface area contributed by atoms with Crippen molar-refractivity contribution in [2.75, 3.05) is 0 Å². The maximum absolute atomic E-state index is 9.34. The Morgan fingerprint density at radius 3 is 2.83 bits per heavy atom. The van der Waals surface area contributed by atoms with Crippen molar-refractivity contribution in [1.82, 2.24) is 0 Å². The molecular weight excluding hydrogens is 174 g/mol. The number of hydrogen-bond donors (Lipinski definition) is 1. The molecule has 1 aromatic carbocycles. The molecule has 0 heterocycles. The molecular formula is C9H8ClNO. The van der Waals surface area contributed by atoms with Crippen LogP contribution in [0.25, 0.3) is 0 Å². The van der Waals surface area contributed by atoms with Crippen LogP contribution in [0.5, 0.6) is 5.75 Å². The zero-order chi connectivity index (χ0) is 9.14. The van der Waals surface area contributed by atoms with Gasteiger partial charge in [0.05, 0.1) is 12.5 Å². The largest absolute Gasteiger partial charge is 0.508 e. The molecule has 12 heavy (non-hydrogen) atoms. The van der Waals surface area contributed by atoms with Gasteiger partial charge in [0.15, 0.2) is 0 Å². The van der Waals surface area contributed by atoms with Gasteiger partial charge in [0.1, 0.15) is 5.75 Å². The third kappa shape index (κ3) is 1.69. The van der Waals surface area contributed by atoms with Crippen LogP contribution in [0.15, 0.2) is 12.1 Å². The van der Waals surface area contributed by atoms with Gasteiger partial charge in [-0.15, -0.1) is 0 Å².